The summed E-state index contributed by atoms with van der Waals surface area (Å²) in [6.45, 7) is 6.12. The van der Waals surface area contributed by atoms with Crippen LogP contribution in [0.25, 0.3) is 0 Å². The average molecular weight is 328 g/mol. The lowest BCUT2D eigenvalue weighted by molar-refractivity contribution is -0.137. The number of carbonyl (C=O) groups excluding carboxylic acids is 1. The van der Waals surface area contributed by atoms with Crippen LogP contribution in [-0.2, 0) is 17.4 Å². The second-order valence-electron chi connectivity index (χ2n) is 6.21. The molecule has 1 fully saturated rings. The minimum Gasteiger partial charge on any atom is -0.343 e. The molecule has 1 amide bonds. The van der Waals surface area contributed by atoms with Crippen LogP contribution in [0.1, 0.15) is 31.4 Å². The van der Waals surface area contributed by atoms with Gasteiger partial charge in [0.2, 0.25) is 5.91 Å². The Morgan fingerprint density at radius 1 is 1.39 bits per heavy atom. The predicted octanol–water partition coefficient (Wildman–Crippen LogP) is 3.09. The van der Waals surface area contributed by atoms with Crippen molar-refractivity contribution in [3.8, 4) is 0 Å². The van der Waals surface area contributed by atoms with Gasteiger partial charge < -0.3 is 10.2 Å². The Kier molecular flexibility index (Phi) is 5.68. The summed E-state index contributed by atoms with van der Waals surface area (Å²) in [6.07, 6.45) is -3.22. The molecule has 0 bridgehead atoms. The largest absolute Gasteiger partial charge is 0.416 e. The van der Waals surface area contributed by atoms with Gasteiger partial charge in [-0.25, -0.2) is 0 Å². The summed E-state index contributed by atoms with van der Waals surface area (Å²) in [7, 11) is 0. The number of alkyl halides is 3. The van der Waals surface area contributed by atoms with Gasteiger partial charge in [-0.1, -0.05) is 18.2 Å². The molecule has 1 N–H and O–H groups in total. The molecule has 1 saturated heterocycles. The van der Waals surface area contributed by atoms with E-state index < -0.39 is 11.7 Å². The van der Waals surface area contributed by atoms with Crippen molar-refractivity contribution in [1.82, 2.24) is 10.2 Å². The number of carbonyl (C=O) groups is 1. The van der Waals surface area contributed by atoms with Gasteiger partial charge in [0.1, 0.15) is 0 Å². The van der Waals surface area contributed by atoms with Crippen LogP contribution in [0.4, 0.5) is 13.2 Å². The van der Waals surface area contributed by atoms with E-state index in [1.54, 1.807) is 6.07 Å². The van der Waals surface area contributed by atoms with E-state index in [9.17, 15) is 18.0 Å². The van der Waals surface area contributed by atoms with Crippen LogP contribution in [0.3, 0.4) is 0 Å². The van der Waals surface area contributed by atoms with Crippen LogP contribution in [0.2, 0.25) is 0 Å². The van der Waals surface area contributed by atoms with E-state index in [1.807, 2.05) is 18.7 Å². The standard InChI is InChI=1S/C17H23F3N2O/c1-3-22-11-14(9-16(22)23)10-21-12(2)7-13-5-4-6-15(8-13)17(18,19)20/h4-6,8,12,14,21H,3,7,9-11H2,1-2H3. The number of nitrogens with zero attached hydrogens (tertiary/aromatic N) is 1. The van der Waals surface area contributed by atoms with Gasteiger partial charge in [-0.05, 0) is 37.8 Å². The lowest BCUT2D eigenvalue weighted by Gasteiger charge is -2.18. The molecule has 1 heterocycles. The van der Waals surface area contributed by atoms with Crippen molar-refractivity contribution < 1.29 is 18.0 Å². The van der Waals surface area contributed by atoms with Gasteiger partial charge in [-0.15, -0.1) is 0 Å². The van der Waals surface area contributed by atoms with Crippen LogP contribution in [-0.4, -0.2) is 36.5 Å². The lowest BCUT2D eigenvalue weighted by Crippen LogP contribution is -2.34. The van der Waals surface area contributed by atoms with Gasteiger partial charge in [0, 0.05) is 32.1 Å². The molecule has 2 rings (SSSR count). The maximum atomic E-state index is 12.7. The van der Waals surface area contributed by atoms with Crippen molar-refractivity contribution in [2.45, 2.75) is 38.9 Å². The molecule has 3 nitrogen and oxygen atoms in total. The Morgan fingerprint density at radius 2 is 2.13 bits per heavy atom. The Labute approximate surface area is 134 Å². The van der Waals surface area contributed by atoms with Crippen LogP contribution in [0.15, 0.2) is 24.3 Å². The smallest absolute Gasteiger partial charge is 0.343 e. The first-order chi connectivity index (χ1) is 10.8. The first-order valence-corrected chi connectivity index (χ1v) is 7.97. The molecular weight excluding hydrogens is 305 g/mol. The van der Waals surface area contributed by atoms with E-state index in [0.29, 0.717) is 24.9 Å². The van der Waals surface area contributed by atoms with E-state index in [-0.39, 0.29) is 17.9 Å². The Morgan fingerprint density at radius 3 is 2.74 bits per heavy atom. The number of halogens is 3. The highest BCUT2D eigenvalue weighted by molar-refractivity contribution is 5.78. The summed E-state index contributed by atoms with van der Waals surface area (Å²) in [5.41, 5.74) is 0.0553. The van der Waals surface area contributed by atoms with E-state index in [0.717, 1.165) is 19.2 Å². The maximum Gasteiger partial charge on any atom is 0.416 e. The summed E-state index contributed by atoms with van der Waals surface area (Å²) in [5.74, 6) is 0.469. The third-order valence-electron chi connectivity index (χ3n) is 4.23. The number of hydrogen-bond acceptors (Lipinski definition) is 2. The molecule has 1 aromatic carbocycles. The zero-order valence-corrected chi connectivity index (χ0v) is 13.5. The molecule has 1 aliphatic heterocycles. The molecule has 23 heavy (non-hydrogen) atoms. The first-order valence-electron chi connectivity index (χ1n) is 7.97. The highest BCUT2D eigenvalue weighted by atomic mass is 19.4. The molecule has 0 radical (unpaired) electrons. The molecule has 0 aliphatic carbocycles. The van der Waals surface area contributed by atoms with E-state index in [2.05, 4.69) is 5.32 Å². The fourth-order valence-corrected chi connectivity index (χ4v) is 2.96. The number of likely N-dealkylation sites (tertiary alicyclic amines) is 1. The van der Waals surface area contributed by atoms with Crippen molar-refractivity contribution in [3.63, 3.8) is 0 Å². The number of benzene rings is 1. The normalized spacial score (nSPS) is 20.1. The Bertz CT molecular complexity index is 545. The second-order valence-corrected chi connectivity index (χ2v) is 6.21. The number of amides is 1. The quantitative estimate of drug-likeness (QED) is 0.870. The summed E-state index contributed by atoms with van der Waals surface area (Å²) in [5, 5.41) is 3.34. The third kappa shape index (κ3) is 4.96. The highest BCUT2D eigenvalue weighted by Gasteiger charge is 2.30. The monoisotopic (exact) mass is 328 g/mol. The fraction of sp³-hybridized carbons (Fsp3) is 0.588. The van der Waals surface area contributed by atoms with Crippen molar-refractivity contribution in [2.24, 2.45) is 5.92 Å². The van der Waals surface area contributed by atoms with Crippen LogP contribution >= 0.6 is 0 Å². The summed E-state index contributed by atoms with van der Waals surface area (Å²) >= 11 is 0. The number of rotatable bonds is 6. The molecule has 0 saturated carbocycles. The average Bonchev–Trinajstić information content (AvgIpc) is 2.85. The van der Waals surface area contributed by atoms with Gasteiger partial charge in [0.05, 0.1) is 5.56 Å². The van der Waals surface area contributed by atoms with Gasteiger partial charge >= 0.3 is 6.18 Å². The molecule has 128 valence electrons. The first kappa shape index (κ1) is 17.8. The molecule has 2 atom stereocenters. The molecule has 0 aromatic heterocycles. The SMILES string of the molecule is CCN1CC(CNC(C)Cc2cccc(C(F)(F)F)c2)CC1=O. The van der Waals surface area contributed by atoms with E-state index in [4.69, 9.17) is 0 Å². The van der Waals surface area contributed by atoms with Crippen LogP contribution in [0.5, 0.6) is 0 Å². The Hall–Kier alpha value is -1.56. The van der Waals surface area contributed by atoms with Crippen molar-refractivity contribution in [1.29, 1.82) is 0 Å². The van der Waals surface area contributed by atoms with Crippen LogP contribution < -0.4 is 5.32 Å². The predicted molar refractivity (Wildman–Crippen MR) is 83.0 cm³/mol. The molecular formula is C17H23F3N2O. The van der Waals surface area contributed by atoms with Crippen molar-refractivity contribution in [2.75, 3.05) is 19.6 Å². The van der Waals surface area contributed by atoms with Gasteiger partial charge in [-0.3, -0.25) is 4.79 Å². The molecule has 1 aliphatic rings. The highest BCUT2D eigenvalue weighted by Crippen LogP contribution is 2.29. The second kappa shape index (κ2) is 7.34. The molecule has 2 unspecified atom stereocenters. The van der Waals surface area contributed by atoms with Crippen molar-refractivity contribution >= 4 is 5.91 Å². The lowest BCUT2D eigenvalue weighted by atomic mass is 10.0. The minimum absolute atomic E-state index is 0.0595. The van der Waals surface area contributed by atoms with Gasteiger partial charge in [0.25, 0.3) is 0 Å². The minimum atomic E-state index is -4.31. The van der Waals surface area contributed by atoms with Gasteiger partial charge in [0.15, 0.2) is 0 Å². The number of nitrogens with one attached hydrogen (secondary N) is 1. The summed E-state index contributed by atoms with van der Waals surface area (Å²) < 4.78 is 38.1. The van der Waals surface area contributed by atoms with Crippen LogP contribution in [0, 0.1) is 5.92 Å². The number of hydrogen-bond donors (Lipinski definition) is 1. The third-order valence-corrected chi connectivity index (χ3v) is 4.23. The summed E-state index contributed by atoms with van der Waals surface area (Å²) in [4.78, 5) is 13.5. The zero-order valence-electron chi connectivity index (χ0n) is 13.5. The fourth-order valence-electron chi connectivity index (χ4n) is 2.96. The maximum absolute atomic E-state index is 12.7. The Balaban J connectivity index is 1.84. The molecule has 1 aromatic rings. The zero-order chi connectivity index (χ0) is 17.0. The topological polar surface area (TPSA) is 32.3 Å². The van der Waals surface area contributed by atoms with E-state index >= 15 is 0 Å². The van der Waals surface area contributed by atoms with E-state index in [1.165, 1.54) is 12.1 Å². The summed E-state index contributed by atoms with van der Waals surface area (Å²) in [6, 6.07) is 5.51. The molecule has 6 heteroatoms. The van der Waals surface area contributed by atoms with Crippen molar-refractivity contribution in [3.05, 3.63) is 35.4 Å². The van der Waals surface area contributed by atoms with Gasteiger partial charge in [-0.2, -0.15) is 13.2 Å². The molecule has 0 spiro atoms.